The molecule has 3 aromatic rings. The molecule has 5 nitrogen and oxygen atoms in total. The van der Waals surface area contributed by atoms with Gasteiger partial charge in [-0.3, -0.25) is 9.40 Å². The summed E-state index contributed by atoms with van der Waals surface area (Å²) in [6, 6.07) is 10.4. The maximum Gasteiger partial charge on any atom is 0.262 e. The molecule has 0 fully saturated rings. The van der Waals surface area contributed by atoms with Crippen molar-refractivity contribution in [3.63, 3.8) is 0 Å². The Kier molecular flexibility index (Phi) is 5.01. The first kappa shape index (κ1) is 19.0. The molecule has 1 N–H and O–H groups in total. The van der Waals surface area contributed by atoms with E-state index in [1.165, 1.54) is 0 Å². The van der Waals surface area contributed by atoms with Crippen molar-refractivity contribution in [3.05, 3.63) is 76.6 Å². The molecule has 0 radical (unpaired) electrons. The Morgan fingerprint density at radius 3 is 2.30 bits per heavy atom. The van der Waals surface area contributed by atoms with Gasteiger partial charge in [-0.15, -0.1) is 0 Å². The lowest BCUT2D eigenvalue weighted by Gasteiger charge is -2.10. The van der Waals surface area contributed by atoms with Crippen molar-refractivity contribution in [1.82, 2.24) is 9.78 Å². The van der Waals surface area contributed by atoms with Gasteiger partial charge in [-0.25, -0.2) is 17.2 Å². The minimum absolute atomic E-state index is 0.326. The molecule has 0 saturated heterocycles. The molecule has 0 aliphatic heterocycles. The fourth-order valence-electron chi connectivity index (χ4n) is 2.70. The van der Waals surface area contributed by atoms with Gasteiger partial charge < -0.3 is 0 Å². The van der Waals surface area contributed by atoms with E-state index in [2.05, 4.69) is 9.82 Å². The van der Waals surface area contributed by atoms with E-state index in [0.717, 1.165) is 23.3 Å². The van der Waals surface area contributed by atoms with Gasteiger partial charge in [0.1, 0.15) is 0 Å². The van der Waals surface area contributed by atoms with E-state index in [1.807, 2.05) is 31.2 Å². The lowest BCUT2D eigenvalue weighted by molar-refractivity contribution is 0.504. The largest absolute Gasteiger partial charge is 0.276 e. The number of sulfonamides is 1. The number of hydrogen-bond donors (Lipinski definition) is 1. The lowest BCUT2D eigenvalue weighted by Crippen LogP contribution is -2.15. The van der Waals surface area contributed by atoms with E-state index in [0.29, 0.717) is 29.7 Å². The summed E-state index contributed by atoms with van der Waals surface area (Å²) in [5.41, 5.74) is 3.62. The molecule has 8 heteroatoms. The zero-order chi connectivity index (χ0) is 19.8. The van der Waals surface area contributed by atoms with E-state index in [9.17, 15) is 17.2 Å². The number of hydrogen-bond acceptors (Lipinski definition) is 3. The second kappa shape index (κ2) is 7.11. The monoisotopic (exact) mass is 391 g/mol. The Bertz CT molecular complexity index is 1090. The number of rotatable bonds is 5. The maximum absolute atomic E-state index is 13.4. The number of anilines is 1. The fourth-order valence-corrected chi connectivity index (χ4v) is 3.89. The highest BCUT2D eigenvalue weighted by atomic mass is 32.2. The van der Waals surface area contributed by atoms with Crippen LogP contribution in [0.5, 0.6) is 0 Å². The molecule has 142 valence electrons. The van der Waals surface area contributed by atoms with Crippen molar-refractivity contribution < 1.29 is 17.2 Å². The molecule has 2 aromatic carbocycles. The third kappa shape index (κ3) is 4.00. The SMILES string of the molecule is Cc1ccc(Cn2nc(C)c(NS(=O)(=O)c3ccc(F)c(F)c3)c2C)cc1. The van der Waals surface area contributed by atoms with Crippen molar-refractivity contribution >= 4 is 15.7 Å². The van der Waals surface area contributed by atoms with Crippen LogP contribution in [0.2, 0.25) is 0 Å². The van der Waals surface area contributed by atoms with Crippen LogP contribution in [0.1, 0.15) is 22.5 Å². The van der Waals surface area contributed by atoms with Crippen LogP contribution in [0.3, 0.4) is 0 Å². The minimum atomic E-state index is -4.07. The molecular weight excluding hydrogens is 372 g/mol. The number of aromatic nitrogens is 2. The molecule has 1 heterocycles. The highest BCUT2D eigenvalue weighted by molar-refractivity contribution is 7.92. The van der Waals surface area contributed by atoms with Crippen molar-refractivity contribution in [1.29, 1.82) is 0 Å². The minimum Gasteiger partial charge on any atom is -0.276 e. The highest BCUT2D eigenvalue weighted by Crippen LogP contribution is 2.24. The van der Waals surface area contributed by atoms with Crippen molar-refractivity contribution in [2.75, 3.05) is 4.72 Å². The molecule has 0 unspecified atom stereocenters. The normalized spacial score (nSPS) is 11.6. The average molecular weight is 391 g/mol. The highest BCUT2D eigenvalue weighted by Gasteiger charge is 2.21. The van der Waals surface area contributed by atoms with Crippen LogP contribution in [0, 0.1) is 32.4 Å². The second-order valence-corrected chi connectivity index (χ2v) is 8.05. The molecule has 27 heavy (non-hydrogen) atoms. The smallest absolute Gasteiger partial charge is 0.262 e. The summed E-state index contributed by atoms with van der Waals surface area (Å²) in [6.45, 7) is 5.91. The number of halogens is 2. The summed E-state index contributed by atoms with van der Waals surface area (Å²) in [4.78, 5) is -0.355. The molecule has 0 saturated carbocycles. The maximum atomic E-state index is 13.4. The molecule has 0 aliphatic carbocycles. The first-order chi connectivity index (χ1) is 12.7. The van der Waals surface area contributed by atoms with Crippen LogP contribution in [0.4, 0.5) is 14.5 Å². The number of nitrogens with zero attached hydrogens (tertiary/aromatic N) is 2. The van der Waals surface area contributed by atoms with Gasteiger partial charge in [0.05, 0.1) is 28.5 Å². The number of benzene rings is 2. The zero-order valence-corrected chi connectivity index (χ0v) is 15.9. The first-order valence-electron chi connectivity index (χ1n) is 8.25. The summed E-state index contributed by atoms with van der Waals surface area (Å²) < 4.78 is 55.7. The quantitative estimate of drug-likeness (QED) is 0.717. The fraction of sp³-hybridized carbons (Fsp3) is 0.211. The second-order valence-electron chi connectivity index (χ2n) is 6.37. The molecule has 0 amide bonds. The van der Waals surface area contributed by atoms with Gasteiger partial charge in [0, 0.05) is 0 Å². The van der Waals surface area contributed by atoms with Gasteiger partial charge in [-0.1, -0.05) is 29.8 Å². The van der Waals surface area contributed by atoms with E-state index < -0.39 is 21.7 Å². The molecule has 0 aliphatic rings. The van der Waals surface area contributed by atoms with Crippen LogP contribution >= 0.6 is 0 Å². The van der Waals surface area contributed by atoms with E-state index in [4.69, 9.17) is 0 Å². The van der Waals surface area contributed by atoms with Gasteiger partial charge in [0.15, 0.2) is 11.6 Å². The number of nitrogens with one attached hydrogen (secondary N) is 1. The third-order valence-corrected chi connectivity index (χ3v) is 5.62. The van der Waals surface area contributed by atoms with E-state index in [1.54, 1.807) is 18.5 Å². The zero-order valence-electron chi connectivity index (χ0n) is 15.1. The molecule has 3 rings (SSSR count). The summed E-state index contributed by atoms with van der Waals surface area (Å²) >= 11 is 0. The van der Waals surface area contributed by atoms with Crippen molar-refractivity contribution in [2.24, 2.45) is 0 Å². The number of aryl methyl sites for hydroxylation is 2. The summed E-state index contributed by atoms with van der Waals surface area (Å²) in [5, 5.41) is 4.39. The van der Waals surface area contributed by atoms with Crippen LogP contribution < -0.4 is 4.72 Å². The third-order valence-electron chi connectivity index (χ3n) is 4.27. The van der Waals surface area contributed by atoms with Gasteiger partial charge in [0.2, 0.25) is 0 Å². The Morgan fingerprint density at radius 2 is 1.67 bits per heavy atom. The van der Waals surface area contributed by atoms with Gasteiger partial charge >= 0.3 is 0 Å². The Balaban J connectivity index is 1.89. The Hall–Kier alpha value is -2.74. The van der Waals surface area contributed by atoms with E-state index in [-0.39, 0.29) is 4.90 Å². The van der Waals surface area contributed by atoms with Gasteiger partial charge in [-0.05, 0) is 44.5 Å². The standard InChI is InChI=1S/C19H19F2N3O2S/c1-12-4-6-15(7-5-12)11-24-14(3)19(13(2)22-24)23-27(25,26)16-8-9-17(20)18(21)10-16/h4-10,23H,11H2,1-3H3. The first-order valence-corrected chi connectivity index (χ1v) is 9.73. The average Bonchev–Trinajstić information content (AvgIpc) is 2.86. The molecule has 0 atom stereocenters. The predicted octanol–water partition coefficient (Wildman–Crippen LogP) is 3.94. The molecule has 1 aromatic heterocycles. The van der Waals surface area contributed by atoms with Crippen LogP contribution in [-0.2, 0) is 16.6 Å². The summed E-state index contributed by atoms with van der Waals surface area (Å²) in [6.07, 6.45) is 0. The predicted molar refractivity (Wildman–Crippen MR) is 99.1 cm³/mol. The van der Waals surface area contributed by atoms with Crippen LogP contribution in [0.15, 0.2) is 47.4 Å². The summed E-state index contributed by atoms with van der Waals surface area (Å²) in [7, 11) is -4.07. The topological polar surface area (TPSA) is 64.0 Å². The van der Waals surface area contributed by atoms with Crippen LogP contribution in [-0.4, -0.2) is 18.2 Å². The Labute approximate surface area is 156 Å². The summed E-state index contributed by atoms with van der Waals surface area (Å²) in [5.74, 6) is -2.33. The van der Waals surface area contributed by atoms with Gasteiger partial charge in [-0.2, -0.15) is 5.10 Å². The Morgan fingerprint density at radius 1 is 1.00 bits per heavy atom. The molecule has 0 spiro atoms. The van der Waals surface area contributed by atoms with Crippen molar-refractivity contribution in [2.45, 2.75) is 32.2 Å². The van der Waals surface area contributed by atoms with Crippen molar-refractivity contribution in [3.8, 4) is 0 Å². The molecular formula is C19H19F2N3O2S. The molecule has 0 bridgehead atoms. The lowest BCUT2D eigenvalue weighted by atomic mass is 10.1. The van der Waals surface area contributed by atoms with Gasteiger partial charge in [0.25, 0.3) is 10.0 Å². The van der Waals surface area contributed by atoms with E-state index >= 15 is 0 Å². The van der Waals surface area contributed by atoms with Crippen LogP contribution in [0.25, 0.3) is 0 Å².